The molecule has 0 amide bonds. The van der Waals surface area contributed by atoms with Gasteiger partial charge in [-0.3, -0.25) is 0 Å². The lowest BCUT2D eigenvalue weighted by Gasteiger charge is -2.05. The lowest BCUT2D eigenvalue weighted by molar-refractivity contribution is -0.127. The Kier molecular flexibility index (Phi) is 3.91. The first kappa shape index (κ1) is 11.8. The molecule has 1 rings (SSSR count). The maximum absolute atomic E-state index is 12.0. The number of rotatable bonds is 3. The summed E-state index contributed by atoms with van der Waals surface area (Å²) in [5.41, 5.74) is 6.38. The predicted octanol–water partition coefficient (Wildman–Crippen LogP) is 2.76. The zero-order valence-corrected chi connectivity index (χ0v) is 8.09. The molecule has 2 N–H and O–H groups in total. The standard InChI is InChI=1S/C11H12F3N/c12-11(13,14)8-10-5-3-9(4-6-10)2-1-7-15/h1-6H,7-8,15H2/b2-1+. The maximum Gasteiger partial charge on any atom is 0.393 e. The summed E-state index contributed by atoms with van der Waals surface area (Å²) in [4.78, 5) is 0. The molecule has 0 heterocycles. The molecule has 0 aromatic heterocycles. The first-order valence-electron chi connectivity index (χ1n) is 4.53. The van der Waals surface area contributed by atoms with Crippen LogP contribution in [0.1, 0.15) is 11.1 Å². The molecule has 0 bridgehead atoms. The van der Waals surface area contributed by atoms with E-state index in [-0.39, 0.29) is 5.56 Å². The van der Waals surface area contributed by atoms with Crippen LogP contribution in [0.25, 0.3) is 6.08 Å². The number of halogens is 3. The Morgan fingerprint density at radius 2 is 1.73 bits per heavy atom. The highest BCUT2D eigenvalue weighted by Crippen LogP contribution is 2.21. The van der Waals surface area contributed by atoms with Gasteiger partial charge in [0.05, 0.1) is 6.42 Å². The fourth-order valence-electron chi connectivity index (χ4n) is 1.18. The zero-order chi connectivity index (χ0) is 11.3. The number of benzene rings is 1. The smallest absolute Gasteiger partial charge is 0.327 e. The van der Waals surface area contributed by atoms with E-state index in [2.05, 4.69) is 0 Å². The van der Waals surface area contributed by atoms with Gasteiger partial charge in [0.1, 0.15) is 0 Å². The molecule has 0 saturated heterocycles. The summed E-state index contributed by atoms with van der Waals surface area (Å²) in [5.74, 6) is 0. The van der Waals surface area contributed by atoms with E-state index in [1.807, 2.05) is 0 Å². The van der Waals surface area contributed by atoms with Crippen LogP contribution in [0.4, 0.5) is 13.2 Å². The van der Waals surface area contributed by atoms with E-state index in [0.29, 0.717) is 6.54 Å². The third-order valence-corrected chi connectivity index (χ3v) is 1.83. The van der Waals surface area contributed by atoms with E-state index in [1.165, 1.54) is 12.1 Å². The summed E-state index contributed by atoms with van der Waals surface area (Å²) in [6.45, 7) is 0.421. The summed E-state index contributed by atoms with van der Waals surface area (Å²) in [6, 6.07) is 6.24. The van der Waals surface area contributed by atoms with Crippen molar-refractivity contribution in [2.75, 3.05) is 6.54 Å². The third-order valence-electron chi connectivity index (χ3n) is 1.83. The van der Waals surface area contributed by atoms with Crippen LogP contribution < -0.4 is 5.73 Å². The Morgan fingerprint density at radius 3 is 2.20 bits per heavy atom. The van der Waals surface area contributed by atoms with Gasteiger partial charge in [-0.25, -0.2) is 0 Å². The Hall–Kier alpha value is -1.29. The lowest BCUT2D eigenvalue weighted by Crippen LogP contribution is -2.11. The van der Waals surface area contributed by atoms with Gasteiger partial charge >= 0.3 is 6.18 Å². The molecule has 0 spiro atoms. The second-order valence-corrected chi connectivity index (χ2v) is 3.17. The zero-order valence-electron chi connectivity index (χ0n) is 8.09. The van der Waals surface area contributed by atoms with E-state index < -0.39 is 12.6 Å². The van der Waals surface area contributed by atoms with Gasteiger partial charge in [0.15, 0.2) is 0 Å². The molecule has 15 heavy (non-hydrogen) atoms. The van der Waals surface area contributed by atoms with Gasteiger partial charge < -0.3 is 5.73 Å². The lowest BCUT2D eigenvalue weighted by atomic mass is 10.1. The number of nitrogens with two attached hydrogens (primary N) is 1. The van der Waals surface area contributed by atoms with Crippen LogP contribution in [0.15, 0.2) is 30.3 Å². The van der Waals surface area contributed by atoms with E-state index in [4.69, 9.17) is 5.73 Å². The van der Waals surface area contributed by atoms with Gasteiger partial charge in [-0.2, -0.15) is 13.2 Å². The molecule has 0 saturated carbocycles. The van der Waals surface area contributed by atoms with Crippen LogP contribution in [0.2, 0.25) is 0 Å². The molecule has 0 fully saturated rings. The van der Waals surface area contributed by atoms with Crippen molar-refractivity contribution in [3.05, 3.63) is 41.5 Å². The SMILES string of the molecule is NC/C=C/c1ccc(CC(F)(F)F)cc1. The number of alkyl halides is 3. The first-order chi connectivity index (χ1) is 7.01. The molecule has 0 atom stereocenters. The highest BCUT2D eigenvalue weighted by atomic mass is 19.4. The summed E-state index contributed by atoms with van der Waals surface area (Å²) >= 11 is 0. The van der Waals surface area contributed by atoms with E-state index in [1.54, 1.807) is 24.3 Å². The normalized spacial score (nSPS) is 12.3. The summed E-state index contributed by atoms with van der Waals surface area (Å²) in [7, 11) is 0. The van der Waals surface area contributed by atoms with Gasteiger partial charge in [0, 0.05) is 6.54 Å². The van der Waals surface area contributed by atoms with Crippen molar-refractivity contribution in [1.29, 1.82) is 0 Å². The van der Waals surface area contributed by atoms with Gasteiger partial charge in [0.25, 0.3) is 0 Å². The molecule has 0 unspecified atom stereocenters. The van der Waals surface area contributed by atoms with Crippen molar-refractivity contribution in [3.63, 3.8) is 0 Å². The van der Waals surface area contributed by atoms with Crippen molar-refractivity contribution in [2.24, 2.45) is 5.73 Å². The number of hydrogen-bond acceptors (Lipinski definition) is 1. The molecule has 0 aliphatic rings. The second kappa shape index (κ2) is 4.98. The van der Waals surface area contributed by atoms with Crippen molar-refractivity contribution in [1.82, 2.24) is 0 Å². The van der Waals surface area contributed by atoms with Crippen LogP contribution in [-0.4, -0.2) is 12.7 Å². The number of hydrogen-bond donors (Lipinski definition) is 1. The van der Waals surface area contributed by atoms with E-state index in [9.17, 15) is 13.2 Å². The Morgan fingerprint density at radius 1 is 1.13 bits per heavy atom. The maximum atomic E-state index is 12.0. The van der Waals surface area contributed by atoms with Crippen LogP contribution in [0.3, 0.4) is 0 Å². The van der Waals surface area contributed by atoms with Gasteiger partial charge in [0.2, 0.25) is 0 Å². The van der Waals surface area contributed by atoms with Crippen LogP contribution in [-0.2, 0) is 6.42 Å². The quantitative estimate of drug-likeness (QED) is 0.824. The first-order valence-corrected chi connectivity index (χ1v) is 4.53. The molecule has 82 valence electrons. The Bertz CT molecular complexity index is 325. The average Bonchev–Trinajstić information content (AvgIpc) is 2.14. The highest BCUT2D eigenvalue weighted by Gasteiger charge is 2.27. The predicted molar refractivity (Wildman–Crippen MR) is 54.3 cm³/mol. The third kappa shape index (κ3) is 4.65. The van der Waals surface area contributed by atoms with E-state index in [0.717, 1.165) is 5.56 Å². The largest absolute Gasteiger partial charge is 0.393 e. The molecule has 4 heteroatoms. The van der Waals surface area contributed by atoms with Crippen molar-refractivity contribution in [2.45, 2.75) is 12.6 Å². The van der Waals surface area contributed by atoms with Crippen molar-refractivity contribution in [3.8, 4) is 0 Å². The molecular formula is C11H12F3N. The minimum absolute atomic E-state index is 0.271. The fraction of sp³-hybridized carbons (Fsp3) is 0.273. The van der Waals surface area contributed by atoms with Crippen molar-refractivity contribution >= 4 is 6.08 Å². The van der Waals surface area contributed by atoms with Gasteiger partial charge in [-0.1, -0.05) is 36.4 Å². The molecule has 0 radical (unpaired) electrons. The molecule has 0 aliphatic carbocycles. The molecule has 1 aromatic rings. The van der Waals surface area contributed by atoms with Gasteiger partial charge in [-0.15, -0.1) is 0 Å². The monoisotopic (exact) mass is 215 g/mol. The van der Waals surface area contributed by atoms with Gasteiger partial charge in [-0.05, 0) is 11.1 Å². The summed E-state index contributed by atoms with van der Waals surface area (Å²) < 4.78 is 36.0. The van der Waals surface area contributed by atoms with Crippen LogP contribution >= 0.6 is 0 Å². The minimum atomic E-state index is -4.14. The second-order valence-electron chi connectivity index (χ2n) is 3.17. The van der Waals surface area contributed by atoms with Crippen LogP contribution in [0, 0.1) is 0 Å². The highest BCUT2D eigenvalue weighted by molar-refractivity contribution is 5.49. The Balaban J connectivity index is 2.68. The molecule has 1 nitrogen and oxygen atoms in total. The van der Waals surface area contributed by atoms with Crippen molar-refractivity contribution < 1.29 is 13.2 Å². The van der Waals surface area contributed by atoms with E-state index >= 15 is 0 Å². The summed E-state index contributed by atoms with van der Waals surface area (Å²) in [5, 5.41) is 0. The molecule has 1 aromatic carbocycles. The Labute approximate surface area is 86.4 Å². The summed E-state index contributed by atoms with van der Waals surface area (Å²) in [6.07, 6.45) is -1.50. The average molecular weight is 215 g/mol. The fourth-order valence-corrected chi connectivity index (χ4v) is 1.18. The molecule has 0 aliphatic heterocycles. The minimum Gasteiger partial charge on any atom is -0.327 e. The topological polar surface area (TPSA) is 26.0 Å². The van der Waals surface area contributed by atoms with Crippen LogP contribution in [0.5, 0.6) is 0 Å². The molecular weight excluding hydrogens is 203 g/mol.